The summed E-state index contributed by atoms with van der Waals surface area (Å²) in [5, 5.41) is 0. The van der Waals surface area contributed by atoms with Gasteiger partial charge in [-0.3, -0.25) is 0 Å². The lowest BCUT2D eigenvalue weighted by molar-refractivity contribution is 0.685. The van der Waals surface area contributed by atoms with E-state index in [1.54, 1.807) is 0 Å². The lowest BCUT2D eigenvalue weighted by Crippen LogP contribution is -2.28. The fourth-order valence-electron chi connectivity index (χ4n) is 1.99. The summed E-state index contributed by atoms with van der Waals surface area (Å²) in [7, 11) is 0. The Bertz CT molecular complexity index is 374. The summed E-state index contributed by atoms with van der Waals surface area (Å²) in [5.41, 5.74) is 7.68. The molecule has 2 N–H and O–H groups in total. The normalized spacial score (nSPS) is 15.0. The predicted octanol–water partition coefficient (Wildman–Crippen LogP) is 1.87. The molecule has 17 heavy (non-hydrogen) atoms. The van der Waals surface area contributed by atoms with Crippen LogP contribution in [-0.4, -0.2) is 23.1 Å². The Balaban J connectivity index is 2.13. The quantitative estimate of drug-likeness (QED) is 0.816. The van der Waals surface area contributed by atoms with Crippen molar-refractivity contribution in [1.29, 1.82) is 0 Å². The van der Waals surface area contributed by atoms with E-state index in [1.807, 2.05) is 13.1 Å². The molecule has 4 heteroatoms. The average Bonchev–Trinajstić information content (AvgIpc) is 3.12. The Morgan fingerprint density at radius 1 is 1.47 bits per heavy atom. The van der Waals surface area contributed by atoms with E-state index in [4.69, 9.17) is 5.73 Å². The third kappa shape index (κ3) is 3.16. The Morgan fingerprint density at radius 2 is 2.24 bits per heavy atom. The first kappa shape index (κ1) is 12.3. The number of rotatable bonds is 6. The van der Waals surface area contributed by atoms with Crippen LogP contribution < -0.4 is 10.6 Å². The lowest BCUT2D eigenvalue weighted by atomic mass is 10.2. The Kier molecular flexibility index (Phi) is 3.94. The highest BCUT2D eigenvalue weighted by Gasteiger charge is 2.25. The standard InChI is InChI=1S/C13H22N4/c1-3-6-17(9-11-4-5-11)13-15-8-12(7-14)10(2)16-13/h8,11H,3-7,9,14H2,1-2H3. The smallest absolute Gasteiger partial charge is 0.225 e. The van der Waals surface area contributed by atoms with Crippen LogP contribution in [0.5, 0.6) is 0 Å². The fourth-order valence-corrected chi connectivity index (χ4v) is 1.99. The van der Waals surface area contributed by atoms with E-state index in [-0.39, 0.29) is 0 Å². The maximum Gasteiger partial charge on any atom is 0.225 e. The maximum atomic E-state index is 5.63. The van der Waals surface area contributed by atoms with Gasteiger partial charge in [-0.15, -0.1) is 0 Å². The first-order valence-corrected chi connectivity index (χ1v) is 6.52. The van der Waals surface area contributed by atoms with Gasteiger partial charge in [0.15, 0.2) is 0 Å². The summed E-state index contributed by atoms with van der Waals surface area (Å²) in [5.74, 6) is 1.73. The fraction of sp³-hybridized carbons (Fsp3) is 0.692. The molecule has 1 heterocycles. The summed E-state index contributed by atoms with van der Waals surface area (Å²) >= 11 is 0. The molecule has 0 atom stereocenters. The highest BCUT2D eigenvalue weighted by molar-refractivity contribution is 5.33. The Morgan fingerprint density at radius 3 is 2.76 bits per heavy atom. The van der Waals surface area contributed by atoms with Gasteiger partial charge in [0.1, 0.15) is 0 Å². The second-order valence-electron chi connectivity index (χ2n) is 4.87. The molecule has 1 aliphatic carbocycles. The van der Waals surface area contributed by atoms with Gasteiger partial charge in [0.25, 0.3) is 0 Å². The number of anilines is 1. The second-order valence-corrected chi connectivity index (χ2v) is 4.87. The molecule has 1 fully saturated rings. The van der Waals surface area contributed by atoms with Crippen molar-refractivity contribution in [1.82, 2.24) is 9.97 Å². The lowest BCUT2D eigenvalue weighted by Gasteiger charge is -2.22. The van der Waals surface area contributed by atoms with Crippen molar-refractivity contribution in [3.05, 3.63) is 17.5 Å². The van der Waals surface area contributed by atoms with Crippen molar-refractivity contribution in [3.63, 3.8) is 0 Å². The van der Waals surface area contributed by atoms with Crippen LogP contribution in [0.3, 0.4) is 0 Å². The minimum absolute atomic E-state index is 0.516. The number of aryl methyl sites for hydroxylation is 1. The molecular formula is C13H22N4. The first-order valence-electron chi connectivity index (χ1n) is 6.52. The van der Waals surface area contributed by atoms with Crippen LogP contribution in [-0.2, 0) is 6.54 Å². The van der Waals surface area contributed by atoms with E-state index in [2.05, 4.69) is 21.8 Å². The molecule has 0 spiro atoms. The monoisotopic (exact) mass is 234 g/mol. The molecule has 1 aromatic rings. The van der Waals surface area contributed by atoms with Crippen molar-refractivity contribution >= 4 is 5.95 Å². The molecule has 1 saturated carbocycles. The molecule has 0 saturated heterocycles. The van der Waals surface area contributed by atoms with Crippen molar-refractivity contribution in [2.75, 3.05) is 18.0 Å². The molecule has 0 aromatic carbocycles. The minimum atomic E-state index is 0.516. The van der Waals surface area contributed by atoms with E-state index >= 15 is 0 Å². The average molecular weight is 234 g/mol. The van der Waals surface area contributed by atoms with Crippen LogP contribution in [0, 0.1) is 12.8 Å². The van der Waals surface area contributed by atoms with Gasteiger partial charge in [0.05, 0.1) is 0 Å². The summed E-state index contributed by atoms with van der Waals surface area (Å²) in [6, 6.07) is 0. The van der Waals surface area contributed by atoms with E-state index in [0.29, 0.717) is 6.54 Å². The van der Waals surface area contributed by atoms with Gasteiger partial charge in [0, 0.05) is 37.1 Å². The van der Waals surface area contributed by atoms with Crippen LogP contribution >= 0.6 is 0 Å². The third-order valence-corrected chi connectivity index (χ3v) is 3.24. The van der Waals surface area contributed by atoms with Gasteiger partial charge < -0.3 is 10.6 Å². The van der Waals surface area contributed by atoms with Crippen LogP contribution in [0.1, 0.15) is 37.4 Å². The summed E-state index contributed by atoms with van der Waals surface area (Å²) in [4.78, 5) is 11.3. The molecule has 0 radical (unpaired) electrons. The first-order chi connectivity index (χ1) is 8.24. The van der Waals surface area contributed by atoms with Crippen LogP contribution in [0.15, 0.2) is 6.20 Å². The predicted molar refractivity (Wildman–Crippen MR) is 69.9 cm³/mol. The molecule has 1 aliphatic rings. The molecule has 0 bridgehead atoms. The van der Waals surface area contributed by atoms with Gasteiger partial charge in [0.2, 0.25) is 5.95 Å². The van der Waals surface area contributed by atoms with E-state index in [1.165, 1.54) is 12.8 Å². The summed E-state index contributed by atoms with van der Waals surface area (Å²) in [6.07, 6.45) is 5.72. The van der Waals surface area contributed by atoms with Crippen LogP contribution in [0.2, 0.25) is 0 Å². The maximum absolute atomic E-state index is 5.63. The van der Waals surface area contributed by atoms with Crippen molar-refractivity contribution in [2.24, 2.45) is 11.7 Å². The van der Waals surface area contributed by atoms with E-state index in [9.17, 15) is 0 Å². The molecule has 0 aliphatic heterocycles. The number of aromatic nitrogens is 2. The molecule has 94 valence electrons. The molecular weight excluding hydrogens is 212 g/mol. The Labute approximate surface area is 103 Å². The highest BCUT2D eigenvalue weighted by atomic mass is 15.2. The van der Waals surface area contributed by atoms with E-state index < -0.39 is 0 Å². The van der Waals surface area contributed by atoms with Gasteiger partial charge in [-0.25, -0.2) is 9.97 Å². The van der Waals surface area contributed by atoms with Gasteiger partial charge in [-0.05, 0) is 32.1 Å². The molecule has 0 unspecified atom stereocenters. The summed E-state index contributed by atoms with van der Waals surface area (Å²) < 4.78 is 0. The second kappa shape index (κ2) is 5.45. The van der Waals surface area contributed by atoms with Crippen LogP contribution in [0.4, 0.5) is 5.95 Å². The topological polar surface area (TPSA) is 55.0 Å². The van der Waals surface area contributed by atoms with E-state index in [0.717, 1.165) is 42.6 Å². The summed E-state index contributed by atoms with van der Waals surface area (Å²) in [6.45, 7) is 6.87. The van der Waals surface area contributed by atoms with Gasteiger partial charge in [-0.1, -0.05) is 6.92 Å². The van der Waals surface area contributed by atoms with Crippen LogP contribution in [0.25, 0.3) is 0 Å². The number of hydrogen-bond donors (Lipinski definition) is 1. The highest BCUT2D eigenvalue weighted by Crippen LogP contribution is 2.30. The van der Waals surface area contributed by atoms with Crippen molar-refractivity contribution in [2.45, 2.75) is 39.7 Å². The molecule has 4 nitrogen and oxygen atoms in total. The Hall–Kier alpha value is -1.16. The van der Waals surface area contributed by atoms with Gasteiger partial charge in [-0.2, -0.15) is 0 Å². The molecule has 2 rings (SSSR count). The number of nitrogens with two attached hydrogens (primary N) is 1. The minimum Gasteiger partial charge on any atom is -0.341 e. The SMILES string of the molecule is CCCN(CC1CC1)c1ncc(CN)c(C)n1. The third-order valence-electron chi connectivity index (χ3n) is 3.24. The van der Waals surface area contributed by atoms with Gasteiger partial charge >= 0.3 is 0 Å². The zero-order valence-corrected chi connectivity index (χ0v) is 10.8. The number of nitrogens with zero attached hydrogens (tertiary/aromatic N) is 3. The zero-order chi connectivity index (χ0) is 12.3. The molecule has 0 amide bonds. The zero-order valence-electron chi connectivity index (χ0n) is 10.8. The number of hydrogen-bond acceptors (Lipinski definition) is 4. The molecule has 1 aromatic heterocycles. The largest absolute Gasteiger partial charge is 0.341 e. The van der Waals surface area contributed by atoms with Crippen molar-refractivity contribution in [3.8, 4) is 0 Å². The van der Waals surface area contributed by atoms with Crippen molar-refractivity contribution < 1.29 is 0 Å².